The highest BCUT2D eigenvalue weighted by Crippen LogP contribution is 2.58. The van der Waals surface area contributed by atoms with Crippen LogP contribution in [-0.4, -0.2) is 0 Å². The predicted molar refractivity (Wildman–Crippen MR) is 270 cm³/mol. The fourth-order valence-electron chi connectivity index (χ4n) is 10.5. The van der Waals surface area contributed by atoms with E-state index in [1.165, 1.54) is 55.7 Å². The Kier molecular flexibility index (Phi) is 10.3. The molecule has 0 spiro atoms. The lowest BCUT2D eigenvalue weighted by Crippen LogP contribution is -2.30. The van der Waals surface area contributed by atoms with Crippen LogP contribution in [0.3, 0.4) is 0 Å². The maximum absolute atomic E-state index is 3.75. The third kappa shape index (κ3) is 7.02. The van der Waals surface area contributed by atoms with Crippen LogP contribution in [0, 0.1) is 5.92 Å². The van der Waals surface area contributed by atoms with Crippen molar-refractivity contribution in [2.24, 2.45) is 5.92 Å². The van der Waals surface area contributed by atoms with Crippen molar-refractivity contribution in [2.75, 3.05) is 10.2 Å². The minimum absolute atomic E-state index is 0.338. The van der Waals surface area contributed by atoms with E-state index in [0.717, 1.165) is 46.8 Å². The van der Waals surface area contributed by atoms with Crippen molar-refractivity contribution in [2.45, 2.75) is 31.1 Å². The second-order valence-electron chi connectivity index (χ2n) is 17.3. The van der Waals surface area contributed by atoms with Gasteiger partial charge >= 0.3 is 0 Å². The molecule has 0 radical (unpaired) electrons. The highest BCUT2D eigenvalue weighted by Gasteiger charge is 2.47. The van der Waals surface area contributed by atoms with Crippen LogP contribution in [-0.2, 0) is 5.41 Å². The summed E-state index contributed by atoms with van der Waals surface area (Å²) in [6.45, 7) is 2.29. The molecule has 2 atom stereocenters. The predicted octanol–water partition coefficient (Wildman–Crippen LogP) is 16.5. The highest BCUT2D eigenvalue weighted by atomic mass is 15.1. The maximum Gasteiger partial charge on any atom is 0.0677 e. The van der Waals surface area contributed by atoms with Gasteiger partial charge < -0.3 is 10.2 Å². The van der Waals surface area contributed by atoms with E-state index >= 15 is 0 Å². The third-order valence-corrected chi connectivity index (χ3v) is 13.6. The number of hydrogen-bond acceptors (Lipinski definition) is 2. The number of allylic oxidation sites excluding steroid dienone is 8. The molecule has 0 bridgehead atoms. The van der Waals surface area contributed by atoms with E-state index in [9.17, 15) is 0 Å². The first-order valence-corrected chi connectivity index (χ1v) is 22.7. The van der Waals surface area contributed by atoms with E-state index in [-0.39, 0.29) is 0 Å². The number of nitrogens with zero attached hydrogens (tertiary/aromatic N) is 1. The second kappa shape index (κ2) is 16.9. The van der Waals surface area contributed by atoms with Crippen LogP contribution >= 0.6 is 0 Å². The Hall–Kier alpha value is -7.68. The van der Waals surface area contributed by atoms with E-state index in [0.29, 0.717) is 11.8 Å². The molecule has 0 amide bonds. The van der Waals surface area contributed by atoms with Crippen LogP contribution in [0.25, 0.3) is 27.8 Å². The fourth-order valence-corrected chi connectivity index (χ4v) is 10.5. The zero-order valence-electron chi connectivity index (χ0n) is 36.1. The molecule has 8 aromatic rings. The van der Waals surface area contributed by atoms with Crippen molar-refractivity contribution in [3.05, 3.63) is 276 Å². The monoisotopic (exact) mass is 822 g/mol. The summed E-state index contributed by atoms with van der Waals surface area (Å²) in [5.41, 5.74) is 19.3. The Bertz CT molecular complexity index is 3030. The summed E-state index contributed by atoms with van der Waals surface area (Å²) in [6, 6.07) is 75.8. The van der Waals surface area contributed by atoms with Crippen LogP contribution in [0.1, 0.15) is 53.5 Å². The van der Waals surface area contributed by atoms with Crippen LogP contribution in [0.15, 0.2) is 248 Å². The molecule has 2 nitrogen and oxygen atoms in total. The molecule has 2 unspecified atom stereocenters. The van der Waals surface area contributed by atoms with Gasteiger partial charge in [0.15, 0.2) is 0 Å². The molecule has 0 fully saturated rings. The Morgan fingerprint density at radius 1 is 0.516 bits per heavy atom. The molecule has 308 valence electrons. The number of fused-ring (bicyclic) bond motifs is 2. The van der Waals surface area contributed by atoms with Gasteiger partial charge in [0.1, 0.15) is 0 Å². The molecule has 3 aliphatic rings. The van der Waals surface area contributed by atoms with Gasteiger partial charge in [-0.1, -0.05) is 195 Å². The zero-order valence-corrected chi connectivity index (χ0v) is 36.1. The summed E-state index contributed by atoms with van der Waals surface area (Å²) < 4.78 is 0. The first-order valence-electron chi connectivity index (χ1n) is 22.7. The third-order valence-electron chi connectivity index (χ3n) is 13.6. The average Bonchev–Trinajstić information content (AvgIpc) is 3.66. The maximum atomic E-state index is 3.75. The molecule has 0 saturated carbocycles. The molecule has 8 aromatic carbocycles. The summed E-state index contributed by atoms with van der Waals surface area (Å²) in [7, 11) is 0. The van der Waals surface area contributed by atoms with E-state index in [1.54, 1.807) is 0 Å². The quantitative estimate of drug-likeness (QED) is 0.148. The average molecular weight is 823 g/mol. The van der Waals surface area contributed by atoms with E-state index in [1.807, 2.05) is 0 Å². The number of benzene rings is 8. The summed E-state index contributed by atoms with van der Waals surface area (Å²) in [6.07, 6.45) is 15.7. The molecule has 0 heterocycles. The van der Waals surface area contributed by atoms with E-state index in [4.69, 9.17) is 0 Å². The molecule has 0 aromatic heterocycles. The number of anilines is 5. The summed E-state index contributed by atoms with van der Waals surface area (Å²) in [5.74, 6) is 0.778. The standard InChI is InChI=1S/C62H50N2/c1-44-18-11-12-27-55(44)58-29-14-16-31-61(58)63-51-36-32-47(33-37-51)48-21-17-26-53(42-48)64(52-38-34-46(35-39-52)45-19-5-2-6-20-45)54-40-41-57-56-28-13-15-30-59(56)62(60(57)43-54,49-22-7-3-8-23-49)50-24-9-4-10-25-50/h2-14,16-29,31-44,55,63H,15,30H2,1H3. The minimum Gasteiger partial charge on any atom is -0.355 e. The molecular formula is C62H50N2. The van der Waals surface area contributed by atoms with Crippen molar-refractivity contribution >= 4 is 34.0 Å². The van der Waals surface area contributed by atoms with Crippen LogP contribution in [0.2, 0.25) is 0 Å². The molecule has 0 saturated heterocycles. The van der Waals surface area contributed by atoms with Gasteiger partial charge in [0.2, 0.25) is 0 Å². The van der Waals surface area contributed by atoms with E-state index in [2.05, 4.69) is 260 Å². The molecule has 2 heteroatoms. The van der Waals surface area contributed by atoms with Crippen molar-refractivity contribution < 1.29 is 0 Å². The van der Waals surface area contributed by atoms with Gasteiger partial charge in [-0.2, -0.15) is 0 Å². The normalized spacial score (nSPS) is 16.9. The molecule has 11 rings (SSSR count). The Labute approximate surface area is 377 Å². The first-order chi connectivity index (χ1) is 31.6. The molecule has 0 aliphatic heterocycles. The van der Waals surface area contributed by atoms with E-state index < -0.39 is 5.41 Å². The number of para-hydroxylation sites is 1. The first kappa shape index (κ1) is 39.2. The molecule has 1 N–H and O–H groups in total. The summed E-state index contributed by atoms with van der Waals surface area (Å²) in [5, 5.41) is 3.75. The van der Waals surface area contributed by atoms with Crippen LogP contribution in [0.5, 0.6) is 0 Å². The summed E-state index contributed by atoms with van der Waals surface area (Å²) >= 11 is 0. The molecule has 3 aliphatic carbocycles. The van der Waals surface area contributed by atoms with Gasteiger partial charge in [-0.25, -0.2) is 0 Å². The number of nitrogens with one attached hydrogen (secondary N) is 1. The highest BCUT2D eigenvalue weighted by molar-refractivity contribution is 5.93. The largest absolute Gasteiger partial charge is 0.355 e. The van der Waals surface area contributed by atoms with Crippen molar-refractivity contribution in [3.8, 4) is 22.3 Å². The van der Waals surface area contributed by atoms with Crippen LogP contribution in [0.4, 0.5) is 28.4 Å². The lowest BCUT2D eigenvalue weighted by molar-refractivity contribution is 0.636. The van der Waals surface area contributed by atoms with Crippen molar-refractivity contribution in [3.63, 3.8) is 0 Å². The van der Waals surface area contributed by atoms with Crippen molar-refractivity contribution in [1.82, 2.24) is 0 Å². The van der Waals surface area contributed by atoms with Gasteiger partial charge in [-0.3, -0.25) is 0 Å². The van der Waals surface area contributed by atoms with Crippen molar-refractivity contribution in [1.29, 1.82) is 0 Å². The van der Waals surface area contributed by atoms with Gasteiger partial charge in [0.25, 0.3) is 0 Å². The second-order valence-corrected chi connectivity index (χ2v) is 17.3. The Morgan fingerprint density at radius 2 is 1.11 bits per heavy atom. The molecule has 64 heavy (non-hydrogen) atoms. The number of rotatable bonds is 10. The Morgan fingerprint density at radius 3 is 1.84 bits per heavy atom. The van der Waals surface area contributed by atoms with Gasteiger partial charge in [-0.05, 0) is 135 Å². The molecular weight excluding hydrogens is 773 g/mol. The lowest BCUT2D eigenvalue weighted by atomic mass is 9.65. The van der Waals surface area contributed by atoms with Crippen LogP contribution < -0.4 is 10.2 Å². The van der Waals surface area contributed by atoms with Gasteiger partial charge in [-0.15, -0.1) is 0 Å². The smallest absolute Gasteiger partial charge is 0.0677 e. The zero-order chi connectivity index (χ0) is 42.9. The SMILES string of the molecule is CC1C=CC=CC1c1ccccc1Nc1ccc(-c2cccc(N(c3ccc(-c4ccccc4)cc3)c3ccc4c(c3)C(c3ccccc3)(c3ccccc3)C3=C4C=CCC3)c2)cc1. The number of hydrogen-bond donors (Lipinski definition) is 1. The van der Waals surface area contributed by atoms with Gasteiger partial charge in [0, 0.05) is 34.4 Å². The topological polar surface area (TPSA) is 15.3 Å². The lowest BCUT2D eigenvalue weighted by Gasteiger charge is -2.37. The minimum atomic E-state index is -0.419. The fraction of sp³-hybridized carbons (Fsp3) is 0.0968. The van der Waals surface area contributed by atoms with Gasteiger partial charge in [0.05, 0.1) is 5.41 Å². The Balaban J connectivity index is 1.01. The summed E-state index contributed by atoms with van der Waals surface area (Å²) in [4.78, 5) is 2.44.